The number of hydrogen-bond donors (Lipinski definition) is 0. The van der Waals surface area contributed by atoms with Crippen molar-refractivity contribution in [2.45, 2.75) is 19.8 Å². The van der Waals surface area contributed by atoms with E-state index in [0.29, 0.717) is 17.4 Å². The molecule has 0 saturated heterocycles. The Kier molecular flexibility index (Phi) is 4.46. The zero-order valence-electron chi connectivity index (χ0n) is 14.8. The fourth-order valence-corrected chi connectivity index (χ4v) is 3.31. The summed E-state index contributed by atoms with van der Waals surface area (Å²) >= 11 is 0. The smallest absolute Gasteiger partial charge is 0.161 e. The number of methoxy groups -OCH3 is 2. The lowest BCUT2D eigenvalue weighted by Crippen LogP contribution is -2.20. The van der Waals surface area contributed by atoms with Gasteiger partial charge in [-0.15, -0.1) is 0 Å². The molecule has 24 heavy (non-hydrogen) atoms. The van der Waals surface area contributed by atoms with Crippen LogP contribution in [0.3, 0.4) is 0 Å². The van der Waals surface area contributed by atoms with Gasteiger partial charge in [-0.1, -0.05) is 12.1 Å². The Bertz CT molecular complexity index is 780. The summed E-state index contributed by atoms with van der Waals surface area (Å²) in [5, 5.41) is 9.00. The fourth-order valence-electron chi connectivity index (χ4n) is 3.31. The minimum atomic E-state index is 0.514. The predicted octanol–water partition coefficient (Wildman–Crippen LogP) is 3.04. The predicted molar refractivity (Wildman–Crippen MR) is 92.8 cm³/mol. The first-order chi connectivity index (χ1) is 11.6. The molecule has 1 aromatic heterocycles. The van der Waals surface area contributed by atoms with E-state index in [2.05, 4.69) is 12.1 Å². The molecule has 6 heteroatoms. The molecule has 0 fully saturated rings. The Morgan fingerprint density at radius 2 is 1.88 bits per heavy atom. The molecule has 1 unspecified atom stereocenters. The van der Waals surface area contributed by atoms with Gasteiger partial charge in [0, 0.05) is 23.9 Å². The number of rotatable bonds is 4. The van der Waals surface area contributed by atoms with E-state index in [1.807, 2.05) is 29.9 Å². The first-order valence-corrected chi connectivity index (χ1v) is 7.97. The highest BCUT2D eigenvalue weighted by Gasteiger charge is 2.29. The molecule has 128 valence electrons. The van der Waals surface area contributed by atoms with Gasteiger partial charge < -0.3 is 14.3 Å². The van der Waals surface area contributed by atoms with Crippen molar-refractivity contribution in [3.05, 3.63) is 29.5 Å². The highest BCUT2D eigenvalue weighted by atomic mass is 16.6. The van der Waals surface area contributed by atoms with Gasteiger partial charge in [-0.25, -0.2) is 0 Å². The second kappa shape index (κ2) is 6.55. The summed E-state index contributed by atoms with van der Waals surface area (Å²) in [7, 11) is 6.82. The molecule has 0 N–H and O–H groups in total. The molecule has 1 aliphatic carbocycles. The van der Waals surface area contributed by atoms with Crippen LogP contribution in [0.15, 0.2) is 23.4 Å². The Morgan fingerprint density at radius 3 is 2.54 bits per heavy atom. The molecule has 1 atom stereocenters. The molecule has 0 aliphatic heterocycles. The summed E-state index contributed by atoms with van der Waals surface area (Å²) in [6.07, 6.45) is 1.86. The standard InChI is InChI=1S/C18H23N3O3/c1-11-8-13(20-24-5)17-14(9-11)21(2)19-18(17)12-6-7-15(22-3)16(10-12)23-4/h6-7,10-11H,8-9H2,1-5H3. The Hall–Kier alpha value is -2.50. The van der Waals surface area contributed by atoms with Crippen molar-refractivity contribution in [3.63, 3.8) is 0 Å². The summed E-state index contributed by atoms with van der Waals surface area (Å²) < 4.78 is 12.7. The number of nitrogens with zero attached hydrogens (tertiary/aromatic N) is 3. The van der Waals surface area contributed by atoms with Crippen molar-refractivity contribution in [3.8, 4) is 22.8 Å². The Labute approximate surface area is 142 Å². The van der Waals surface area contributed by atoms with Crippen LogP contribution in [0.25, 0.3) is 11.3 Å². The molecule has 1 heterocycles. The molecule has 0 amide bonds. The topological polar surface area (TPSA) is 57.9 Å². The maximum atomic E-state index is 5.43. The van der Waals surface area contributed by atoms with Gasteiger partial charge in [0.2, 0.25) is 0 Å². The maximum absolute atomic E-state index is 5.43. The summed E-state index contributed by atoms with van der Waals surface area (Å²) in [6.45, 7) is 2.22. The van der Waals surface area contributed by atoms with E-state index < -0.39 is 0 Å². The van der Waals surface area contributed by atoms with E-state index >= 15 is 0 Å². The van der Waals surface area contributed by atoms with Gasteiger partial charge in [-0.3, -0.25) is 4.68 Å². The van der Waals surface area contributed by atoms with Crippen LogP contribution in [0.4, 0.5) is 0 Å². The molecule has 0 bridgehead atoms. The molecule has 3 rings (SSSR count). The van der Waals surface area contributed by atoms with Gasteiger partial charge >= 0.3 is 0 Å². The highest BCUT2D eigenvalue weighted by molar-refractivity contribution is 6.07. The monoisotopic (exact) mass is 329 g/mol. The van der Waals surface area contributed by atoms with Gasteiger partial charge in [0.05, 0.1) is 19.9 Å². The molecule has 6 nitrogen and oxygen atoms in total. The average Bonchev–Trinajstić information content (AvgIpc) is 2.91. The minimum Gasteiger partial charge on any atom is -0.493 e. The molecule has 0 spiro atoms. The summed E-state index contributed by atoms with van der Waals surface area (Å²) in [6, 6.07) is 5.84. The molecule has 0 radical (unpaired) electrons. The quantitative estimate of drug-likeness (QED) is 0.809. The second-order valence-corrected chi connectivity index (χ2v) is 6.10. The number of aryl methyl sites for hydroxylation is 1. The summed E-state index contributed by atoms with van der Waals surface area (Å²) in [5.74, 6) is 1.90. The van der Waals surface area contributed by atoms with Crippen LogP contribution in [-0.4, -0.2) is 36.8 Å². The van der Waals surface area contributed by atoms with Crippen molar-refractivity contribution >= 4 is 5.71 Å². The number of aromatic nitrogens is 2. The lowest BCUT2D eigenvalue weighted by Gasteiger charge is -2.21. The van der Waals surface area contributed by atoms with Crippen LogP contribution in [0.2, 0.25) is 0 Å². The van der Waals surface area contributed by atoms with Gasteiger partial charge in [0.15, 0.2) is 11.5 Å². The molecule has 1 aromatic carbocycles. The highest BCUT2D eigenvalue weighted by Crippen LogP contribution is 2.37. The zero-order valence-corrected chi connectivity index (χ0v) is 14.8. The third-order valence-corrected chi connectivity index (χ3v) is 4.40. The number of hydrogen-bond acceptors (Lipinski definition) is 5. The molecular formula is C18H23N3O3. The SMILES string of the molecule is CON=C1CC(C)Cc2c1c(-c1ccc(OC)c(OC)c1)nn2C. The number of benzene rings is 1. The summed E-state index contributed by atoms with van der Waals surface area (Å²) in [4.78, 5) is 5.07. The molecule has 2 aromatic rings. The minimum absolute atomic E-state index is 0.514. The zero-order chi connectivity index (χ0) is 17.3. The number of ether oxygens (including phenoxy) is 2. The number of oxime groups is 1. The van der Waals surface area contributed by atoms with Gasteiger partial charge in [-0.2, -0.15) is 5.10 Å². The lowest BCUT2D eigenvalue weighted by molar-refractivity contribution is 0.212. The van der Waals surface area contributed by atoms with Crippen molar-refractivity contribution in [1.82, 2.24) is 9.78 Å². The van der Waals surface area contributed by atoms with Crippen LogP contribution in [0.5, 0.6) is 11.5 Å². The normalized spacial score (nSPS) is 18.4. The van der Waals surface area contributed by atoms with Crippen LogP contribution < -0.4 is 9.47 Å². The summed E-state index contributed by atoms with van der Waals surface area (Å²) in [5.41, 5.74) is 5.09. The first kappa shape index (κ1) is 16.4. The van der Waals surface area contributed by atoms with E-state index in [9.17, 15) is 0 Å². The third-order valence-electron chi connectivity index (χ3n) is 4.40. The first-order valence-electron chi connectivity index (χ1n) is 7.97. The Morgan fingerprint density at radius 1 is 1.12 bits per heavy atom. The number of fused-ring (bicyclic) bond motifs is 1. The van der Waals surface area contributed by atoms with E-state index in [-0.39, 0.29) is 0 Å². The largest absolute Gasteiger partial charge is 0.493 e. The van der Waals surface area contributed by atoms with Crippen LogP contribution in [-0.2, 0) is 18.3 Å². The van der Waals surface area contributed by atoms with Crippen LogP contribution in [0.1, 0.15) is 24.6 Å². The maximum Gasteiger partial charge on any atom is 0.161 e. The lowest BCUT2D eigenvalue weighted by atomic mass is 9.85. The van der Waals surface area contributed by atoms with Crippen molar-refractivity contribution in [2.75, 3.05) is 21.3 Å². The van der Waals surface area contributed by atoms with E-state index in [1.54, 1.807) is 21.3 Å². The van der Waals surface area contributed by atoms with Gasteiger partial charge in [-0.05, 0) is 37.0 Å². The molecule has 1 aliphatic rings. The van der Waals surface area contributed by atoms with Crippen molar-refractivity contribution in [1.29, 1.82) is 0 Å². The van der Waals surface area contributed by atoms with E-state index in [0.717, 1.165) is 35.4 Å². The molecular weight excluding hydrogens is 306 g/mol. The van der Waals surface area contributed by atoms with Gasteiger partial charge in [0.25, 0.3) is 0 Å². The van der Waals surface area contributed by atoms with Crippen LogP contribution in [0, 0.1) is 5.92 Å². The van der Waals surface area contributed by atoms with Gasteiger partial charge in [0.1, 0.15) is 12.8 Å². The Balaban J connectivity index is 2.17. The second-order valence-electron chi connectivity index (χ2n) is 6.10. The van der Waals surface area contributed by atoms with Crippen molar-refractivity contribution in [2.24, 2.45) is 18.1 Å². The third kappa shape index (κ3) is 2.72. The van der Waals surface area contributed by atoms with Crippen LogP contribution >= 0.6 is 0 Å². The fraction of sp³-hybridized carbons (Fsp3) is 0.444. The van der Waals surface area contributed by atoms with E-state index in [4.69, 9.17) is 19.4 Å². The van der Waals surface area contributed by atoms with E-state index in [1.165, 1.54) is 5.69 Å². The van der Waals surface area contributed by atoms with Crippen molar-refractivity contribution < 1.29 is 14.3 Å². The average molecular weight is 329 g/mol. The molecule has 0 saturated carbocycles.